The molecule has 0 bridgehead atoms. The molecule has 2 heteroatoms. The first-order valence-corrected chi connectivity index (χ1v) is 5.41. The van der Waals surface area contributed by atoms with Crippen LogP contribution in [0.25, 0.3) is 10.9 Å². The molecule has 0 saturated carbocycles. The molecule has 0 unspecified atom stereocenters. The van der Waals surface area contributed by atoms with Gasteiger partial charge >= 0.3 is 0 Å². The average Bonchev–Trinajstić information content (AvgIpc) is 2.08. The summed E-state index contributed by atoms with van der Waals surface area (Å²) in [6.45, 7) is 6.28. The van der Waals surface area contributed by atoms with Crippen molar-refractivity contribution in [2.45, 2.75) is 20.8 Å². The lowest BCUT2D eigenvalue weighted by atomic mass is 10.1. The molecule has 72 valence electrons. The summed E-state index contributed by atoms with van der Waals surface area (Å²) in [5.41, 5.74) is 4.80. The SMILES string of the molecule is Cc1cc(C)c2nc(Br)c(C)cc2c1. The van der Waals surface area contributed by atoms with E-state index in [4.69, 9.17) is 0 Å². The van der Waals surface area contributed by atoms with Crippen molar-refractivity contribution in [2.75, 3.05) is 0 Å². The molecule has 0 aliphatic heterocycles. The number of aromatic nitrogens is 1. The Morgan fingerprint density at radius 2 is 1.71 bits per heavy atom. The van der Waals surface area contributed by atoms with Gasteiger partial charge in [-0.25, -0.2) is 4.98 Å². The minimum absolute atomic E-state index is 0.942. The molecule has 0 N–H and O–H groups in total. The van der Waals surface area contributed by atoms with Gasteiger partial charge in [-0.05, 0) is 60.0 Å². The third kappa shape index (κ3) is 1.55. The van der Waals surface area contributed by atoms with Crippen molar-refractivity contribution in [3.8, 4) is 0 Å². The van der Waals surface area contributed by atoms with E-state index in [1.807, 2.05) is 0 Å². The van der Waals surface area contributed by atoms with Crippen LogP contribution < -0.4 is 0 Å². The quantitative estimate of drug-likeness (QED) is 0.645. The first kappa shape index (κ1) is 9.66. The summed E-state index contributed by atoms with van der Waals surface area (Å²) in [4.78, 5) is 4.53. The Labute approximate surface area is 92.3 Å². The van der Waals surface area contributed by atoms with Gasteiger partial charge in [-0.15, -0.1) is 0 Å². The normalized spacial score (nSPS) is 10.9. The van der Waals surface area contributed by atoms with Gasteiger partial charge in [0, 0.05) is 5.39 Å². The summed E-state index contributed by atoms with van der Waals surface area (Å²) >= 11 is 3.46. The van der Waals surface area contributed by atoms with E-state index < -0.39 is 0 Å². The van der Waals surface area contributed by atoms with Gasteiger partial charge in [0.05, 0.1) is 5.52 Å². The van der Waals surface area contributed by atoms with Crippen molar-refractivity contribution in [1.29, 1.82) is 0 Å². The molecule has 14 heavy (non-hydrogen) atoms. The van der Waals surface area contributed by atoms with Crippen molar-refractivity contribution in [1.82, 2.24) is 4.98 Å². The summed E-state index contributed by atoms with van der Waals surface area (Å²) in [5, 5.41) is 1.23. The summed E-state index contributed by atoms with van der Waals surface area (Å²) in [5.74, 6) is 0. The van der Waals surface area contributed by atoms with Gasteiger partial charge in [-0.1, -0.05) is 11.6 Å². The molecular weight excluding hydrogens is 238 g/mol. The Hall–Kier alpha value is -0.890. The van der Waals surface area contributed by atoms with Crippen molar-refractivity contribution in [3.05, 3.63) is 39.5 Å². The van der Waals surface area contributed by atoms with Crippen LogP contribution in [-0.2, 0) is 0 Å². The van der Waals surface area contributed by atoms with E-state index >= 15 is 0 Å². The highest BCUT2D eigenvalue weighted by atomic mass is 79.9. The van der Waals surface area contributed by atoms with Crippen molar-refractivity contribution >= 4 is 26.8 Å². The van der Waals surface area contributed by atoms with Gasteiger partial charge in [0.1, 0.15) is 4.60 Å². The number of halogens is 1. The second-order valence-electron chi connectivity index (χ2n) is 3.75. The van der Waals surface area contributed by atoms with Crippen LogP contribution in [0.3, 0.4) is 0 Å². The van der Waals surface area contributed by atoms with E-state index in [0.717, 1.165) is 10.1 Å². The van der Waals surface area contributed by atoms with E-state index in [1.54, 1.807) is 0 Å². The zero-order valence-corrected chi connectivity index (χ0v) is 10.1. The summed E-state index contributed by atoms with van der Waals surface area (Å²) in [6, 6.07) is 6.51. The Bertz CT molecular complexity index is 503. The molecule has 0 saturated heterocycles. The second-order valence-corrected chi connectivity index (χ2v) is 4.50. The molecule has 1 heterocycles. The van der Waals surface area contributed by atoms with Crippen molar-refractivity contribution in [3.63, 3.8) is 0 Å². The van der Waals surface area contributed by atoms with Crippen LogP contribution in [0, 0.1) is 20.8 Å². The molecule has 2 aromatic rings. The number of hydrogen-bond acceptors (Lipinski definition) is 1. The Morgan fingerprint density at radius 1 is 1.00 bits per heavy atom. The Morgan fingerprint density at radius 3 is 2.43 bits per heavy atom. The number of hydrogen-bond donors (Lipinski definition) is 0. The van der Waals surface area contributed by atoms with Gasteiger partial charge < -0.3 is 0 Å². The van der Waals surface area contributed by atoms with Crippen molar-refractivity contribution < 1.29 is 0 Å². The van der Waals surface area contributed by atoms with Gasteiger partial charge in [-0.3, -0.25) is 0 Å². The van der Waals surface area contributed by atoms with E-state index in [2.05, 4.69) is 59.9 Å². The number of aryl methyl sites for hydroxylation is 3. The second kappa shape index (κ2) is 3.35. The third-order valence-electron chi connectivity index (χ3n) is 2.38. The van der Waals surface area contributed by atoms with Crippen LogP contribution in [0.1, 0.15) is 16.7 Å². The molecule has 0 amide bonds. The molecule has 0 spiro atoms. The van der Waals surface area contributed by atoms with Crippen LogP contribution in [-0.4, -0.2) is 4.98 Å². The highest BCUT2D eigenvalue weighted by Gasteiger charge is 2.03. The molecule has 0 radical (unpaired) electrons. The largest absolute Gasteiger partial charge is 0.240 e. The lowest BCUT2D eigenvalue weighted by Gasteiger charge is -2.05. The predicted octanol–water partition coefficient (Wildman–Crippen LogP) is 3.92. The van der Waals surface area contributed by atoms with Crippen LogP contribution in [0.15, 0.2) is 22.8 Å². The lowest BCUT2D eigenvalue weighted by molar-refractivity contribution is 1.25. The number of rotatable bonds is 0. The van der Waals surface area contributed by atoms with Crippen LogP contribution in [0.2, 0.25) is 0 Å². The predicted molar refractivity (Wildman–Crippen MR) is 63.7 cm³/mol. The smallest absolute Gasteiger partial charge is 0.109 e. The van der Waals surface area contributed by atoms with Gasteiger partial charge in [-0.2, -0.15) is 0 Å². The van der Waals surface area contributed by atoms with Gasteiger partial charge in [0.2, 0.25) is 0 Å². The number of benzene rings is 1. The van der Waals surface area contributed by atoms with E-state index in [-0.39, 0.29) is 0 Å². The first-order valence-electron chi connectivity index (χ1n) is 4.62. The van der Waals surface area contributed by atoms with E-state index in [0.29, 0.717) is 0 Å². The van der Waals surface area contributed by atoms with Crippen LogP contribution in [0.4, 0.5) is 0 Å². The Balaban J connectivity index is 2.89. The zero-order chi connectivity index (χ0) is 10.3. The minimum atomic E-state index is 0.942. The van der Waals surface area contributed by atoms with Gasteiger partial charge in [0.25, 0.3) is 0 Å². The van der Waals surface area contributed by atoms with E-state index in [9.17, 15) is 0 Å². The molecule has 0 fully saturated rings. The number of pyridine rings is 1. The maximum atomic E-state index is 4.53. The third-order valence-corrected chi connectivity index (χ3v) is 3.18. The molecule has 0 aliphatic rings. The molecule has 2 rings (SSSR count). The summed E-state index contributed by atoms with van der Waals surface area (Å²) < 4.78 is 0.942. The monoisotopic (exact) mass is 249 g/mol. The van der Waals surface area contributed by atoms with Crippen LogP contribution >= 0.6 is 15.9 Å². The summed E-state index contributed by atoms with van der Waals surface area (Å²) in [7, 11) is 0. The highest BCUT2D eigenvalue weighted by Crippen LogP contribution is 2.23. The zero-order valence-electron chi connectivity index (χ0n) is 8.56. The molecular formula is C12H12BrN. The Kier molecular flexibility index (Phi) is 2.31. The topological polar surface area (TPSA) is 12.9 Å². The fourth-order valence-corrected chi connectivity index (χ4v) is 2.03. The molecule has 1 aromatic heterocycles. The molecule has 1 aromatic carbocycles. The van der Waals surface area contributed by atoms with Crippen LogP contribution in [0.5, 0.6) is 0 Å². The maximum Gasteiger partial charge on any atom is 0.109 e. The average molecular weight is 250 g/mol. The number of nitrogens with zero attached hydrogens (tertiary/aromatic N) is 1. The molecule has 0 aliphatic carbocycles. The molecule has 1 nitrogen and oxygen atoms in total. The standard InChI is InChI=1S/C12H12BrN/c1-7-4-8(2)11-10(5-7)6-9(3)12(13)14-11/h4-6H,1-3H3. The number of fused-ring (bicyclic) bond motifs is 1. The lowest BCUT2D eigenvalue weighted by Crippen LogP contribution is -1.88. The fraction of sp³-hybridized carbons (Fsp3) is 0.250. The fourth-order valence-electron chi connectivity index (χ4n) is 1.73. The maximum absolute atomic E-state index is 4.53. The summed E-state index contributed by atoms with van der Waals surface area (Å²) in [6.07, 6.45) is 0. The van der Waals surface area contributed by atoms with Crippen molar-refractivity contribution in [2.24, 2.45) is 0 Å². The minimum Gasteiger partial charge on any atom is -0.240 e. The van der Waals surface area contributed by atoms with Gasteiger partial charge in [0.15, 0.2) is 0 Å². The van der Waals surface area contributed by atoms with E-state index in [1.165, 1.54) is 22.1 Å². The molecule has 0 atom stereocenters. The first-order chi connectivity index (χ1) is 6.58. The highest BCUT2D eigenvalue weighted by molar-refractivity contribution is 9.10.